The van der Waals surface area contributed by atoms with Crippen LogP contribution in [0.15, 0.2) is 36.9 Å². The van der Waals surface area contributed by atoms with E-state index in [2.05, 4.69) is 37.9 Å². The molecule has 0 aliphatic rings. The summed E-state index contributed by atoms with van der Waals surface area (Å²) in [5.41, 5.74) is 0.705. The first kappa shape index (κ1) is 11.8. The highest BCUT2D eigenvalue weighted by atomic mass is 127. The van der Waals surface area contributed by atoms with Gasteiger partial charge in [0.15, 0.2) is 0 Å². The summed E-state index contributed by atoms with van der Waals surface area (Å²) < 4.78 is 0.870. The van der Waals surface area contributed by atoms with Gasteiger partial charge in [0, 0.05) is 3.57 Å². The Labute approximate surface area is 111 Å². The van der Waals surface area contributed by atoms with Gasteiger partial charge in [-0.1, -0.05) is 0 Å². The standard InChI is InChI=1S/C11H8IN3O2/c12-7-1-2-10(16)9(3-7)11(17)15-8-4-13-6-14-5-8/h1-6,16H,(H,15,17). The molecule has 0 radical (unpaired) electrons. The third-order valence-electron chi connectivity index (χ3n) is 2.02. The minimum absolute atomic E-state index is 0.0558. The SMILES string of the molecule is O=C(Nc1cncnc1)c1cc(I)ccc1O. The maximum atomic E-state index is 11.9. The van der Waals surface area contributed by atoms with Gasteiger partial charge in [0.2, 0.25) is 0 Å². The number of phenols is 1. The van der Waals surface area contributed by atoms with Gasteiger partial charge < -0.3 is 10.4 Å². The molecule has 1 aromatic carbocycles. The molecule has 0 aliphatic heterocycles. The Balaban J connectivity index is 2.23. The fourth-order valence-electron chi connectivity index (χ4n) is 1.25. The van der Waals surface area contributed by atoms with Gasteiger partial charge >= 0.3 is 0 Å². The Hall–Kier alpha value is -1.70. The monoisotopic (exact) mass is 341 g/mol. The van der Waals surface area contributed by atoms with Crippen LogP contribution in [0.3, 0.4) is 0 Å². The van der Waals surface area contributed by atoms with E-state index in [-0.39, 0.29) is 11.3 Å². The molecule has 2 N–H and O–H groups in total. The van der Waals surface area contributed by atoms with Crippen LogP contribution in [0.5, 0.6) is 5.75 Å². The Morgan fingerprint density at radius 3 is 2.71 bits per heavy atom. The molecule has 0 unspecified atom stereocenters. The molecule has 0 spiro atoms. The number of rotatable bonds is 2. The van der Waals surface area contributed by atoms with Crippen molar-refractivity contribution in [3.05, 3.63) is 46.1 Å². The minimum Gasteiger partial charge on any atom is -0.507 e. The van der Waals surface area contributed by atoms with Crippen LogP contribution in [-0.2, 0) is 0 Å². The van der Waals surface area contributed by atoms with Crippen molar-refractivity contribution >= 4 is 34.2 Å². The quantitative estimate of drug-likeness (QED) is 0.820. The fourth-order valence-corrected chi connectivity index (χ4v) is 1.74. The number of aromatic hydroxyl groups is 1. The van der Waals surface area contributed by atoms with E-state index in [4.69, 9.17) is 0 Å². The normalized spacial score (nSPS) is 9.94. The molecule has 1 heterocycles. The Bertz CT molecular complexity index is 546. The molecule has 0 atom stereocenters. The summed E-state index contributed by atoms with van der Waals surface area (Å²) in [4.78, 5) is 19.4. The number of phenolic OH excluding ortho intramolecular Hbond substituents is 1. The molecule has 2 aromatic rings. The highest BCUT2D eigenvalue weighted by molar-refractivity contribution is 14.1. The van der Waals surface area contributed by atoms with Gasteiger partial charge in [-0.3, -0.25) is 4.79 Å². The summed E-state index contributed by atoms with van der Waals surface area (Å²) in [6.07, 6.45) is 4.34. The third-order valence-corrected chi connectivity index (χ3v) is 2.69. The molecule has 0 fully saturated rings. The first-order chi connectivity index (χ1) is 8.16. The van der Waals surface area contributed by atoms with Gasteiger partial charge in [0.25, 0.3) is 5.91 Å². The molecule has 0 saturated carbocycles. The first-order valence-corrected chi connectivity index (χ1v) is 5.79. The van der Waals surface area contributed by atoms with Gasteiger partial charge in [-0.05, 0) is 40.8 Å². The van der Waals surface area contributed by atoms with Crippen LogP contribution in [0.25, 0.3) is 0 Å². The van der Waals surface area contributed by atoms with Crippen LogP contribution in [-0.4, -0.2) is 21.0 Å². The number of hydrogen-bond acceptors (Lipinski definition) is 4. The predicted molar refractivity (Wildman–Crippen MR) is 70.8 cm³/mol. The lowest BCUT2D eigenvalue weighted by atomic mass is 10.2. The van der Waals surface area contributed by atoms with E-state index in [1.165, 1.54) is 24.8 Å². The van der Waals surface area contributed by atoms with E-state index < -0.39 is 5.91 Å². The van der Waals surface area contributed by atoms with Crippen LogP contribution in [0, 0.1) is 3.57 Å². The lowest BCUT2D eigenvalue weighted by molar-refractivity contribution is 0.102. The predicted octanol–water partition coefficient (Wildman–Crippen LogP) is 2.04. The van der Waals surface area contributed by atoms with Crippen molar-refractivity contribution in [2.75, 3.05) is 5.32 Å². The van der Waals surface area contributed by atoms with E-state index in [0.717, 1.165) is 3.57 Å². The maximum absolute atomic E-state index is 11.9. The van der Waals surface area contributed by atoms with Gasteiger partial charge in [0.05, 0.1) is 23.6 Å². The number of halogens is 1. The number of aromatic nitrogens is 2. The fraction of sp³-hybridized carbons (Fsp3) is 0. The average molecular weight is 341 g/mol. The lowest BCUT2D eigenvalue weighted by Crippen LogP contribution is -2.12. The number of carbonyl (C=O) groups is 1. The average Bonchev–Trinajstić information content (AvgIpc) is 2.33. The summed E-state index contributed by atoms with van der Waals surface area (Å²) in [7, 11) is 0. The number of nitrogens with one attached hydrogen (secondary N) is 1. The topological polar surface area (TPSA) is 75.1 Å². The number of amides is 1. The Kier molecular flexibility index (Phi) is 3.52. The second-order valence-corrected chi connectivity index (χ2v) is 4.49. The molecule has 0 bridgehead atoms. The third kappa shape index (κ3) is 2.90. The van der Waals surface area contributed by atoms with E-state index in [9.17, 15) is 9.90 Å². The van der Waals surface area contributed by atoms with Crippen molar-refractivity contribution < 1.29 is 9.90 Å². The van der Waals surface area contributed by atoms with Gasteiger partial charge in [-0.2, -0.15) is 0 Å². The molecular formula is C11H8IN3O2. The van der Waals surface area contributed by atoms with Crippen molar-refractivity contribution in [1.82, 2.24) is 9.97 Å². The second kappa shape index (κ2) is 5.09. The Morgan fingerprint density at radius 2 is 2.00 bits per heavy atom. The van der Waals surface area contributed by atoms with Crippen LogP contribution in [0.2, 0.25) is 0 Å². The molecule has 86 valence electrons. The number of carbonyl (C=O) groups excluding carboxylic acids is 1. The van der Waals surface area contributed by atoms with Crippen LogP contribution in [0.4, 0.5) is 5.69 Å². The number of hydrogen-bond donors (Lipinski definition) is 2. The molecule has 6 heteroatoms. The molecule has 0 saturated heterocycles. The summed E-state index contributed by atoms with van der Waals surface area (Å²) in [5, 5.41) is 12.2. The first-order valence-electron chi connectivity index (χ1n) is 4.71. The maximum Gasteiger partial charge on any atom is 0.259 e. The summed E-state index contributed by atoms with van der Waals surface area (Å²) >= 11 is 2.07. The molecule has 17 heavy (non-hydrogen) atoms. The van der Waals surface area contributed by atoms with Crippen molar-refractivity contribution in [3.63, 3.8) is 0 Å². The van der Waals surface area contributed by atoms with Gasteiger partial charge in [-0.25, -0.2) is 9.97 Å². The Morgan fingerprint density at radius 1 is 1.29 bits per heavy atom. The highest BCUT2D eigenvalue weighted by Gasteiger charge is 2.11. The van der Waals surface area contributed by atoms with Crippen molar-refractivity contribution in [2.45, 2.75) is 0 Å². The van der Waals surface area contributed by atoms with E-state index in [0.29, 0.717) is 5.69 Å². The largest absolute Gasteiger partial charge is 0.507 e. The van der Waals surface area contributed by atoms with Gasteiger partial charge in [-0.15, -0.1) is 0 Å². The number of anilines is 1. The summed E-state index contributed by atoms with van der Waals surface area (Å²) in [6.45, 7) is 0. The zero-order valence-electron chi connectivity index (χ0n) is 8.59. The molecule has 2 rings (SSSR count). The minimum atomic E-state index is -0.393. The lowest BCUT2D eigenvalue weighted by Gasteiger charge is -2.06. The van der Waals surface area contributed by atoms with E-state index in [1.807, 2.05) is 0 Å². The second-order valence-electron chi connectivity index (χ2n) is 3.24. The molecule has 0 aliphatic carbocycles. The number of nitrogens with zero attached hydrogens (tertiary/aromatic N) is 2. The van der Waals surface area contributed by atoms with Gasteiger partial charge in [0.1, 0.15) is 12.1 Å². The van der Waals surface area contributed by atoms with Crippen molar-refractivity contribution in [1.29, 1.82) is 0 Å². The molecule has 1 amide bonds. The zero-order chi connectivity index (χ0) is 12.3. The molecular weight excluding hydrogens is 333 g/mol. The van der Waals surface area contributed by atoms with Crippen molar-refractivity contribution in [2.24, 2.45) is 0 Å². The number of benzene rings is 1. The molecule has 5 nitrogen and oxygen atoms in total. The summed E-state index contributed by atoms with van der Waals surface area (Å²) in [5.74, 6) is -0.449. The van der Waals surface area contributed by atoms with E-state index in [1.54, 1.807) is 12.1 Å². The van der Waals surface area contributed by atoms with E-state index >= 15 is 0 Å². The van der Waals surface area contributed by atoms with Crippen LogP contribution < -0.4 is 5.32 Å². The highest BCUT2D eigenvalue weighted by Crippen LogP contribution is 2.20. The molecule has 1 aromatic heterocycles. The van der Waals surface area contributed by atoms with Crippen LogP contribution >= 0.6 is 22.6 Å². The van der Waals surface area contributed by atoms with Crippen LogP contribution in [0.1, 0.15) is 10.4 Å². The zero-order valence-corrected chi connectivity index (χ0v) is 10.7. The summed E-state index contributed by atoms with van der Waals surface area (Å²) in [6, 6.07) is 4.81. The van der Waals surface area contributed by atoms with Crippen molar-refractivity contribution in [3.8, 4) is 5.75 Å². The smallest absolute Gasteiger partial charge is 0.259 e.